The zero-order valence-corrected chi connectivity index (χ0v) is 11.6. The largest absolute Gasteiger partial charge is 0.481 e. The van der Waals surface area contributed by atoms with Gasteiger partial charge in [0.15, 0.2) is 0 Å². The lowest BCUT2D eigenvalue weighted by Crippen LogP contribution is -2.43. The Kier molecular flexibility index (Phi) is 4.74. The van der Waals surface area contributed by atoms with Crippen molar-refractivity contribution < 1.29 is 14.7 Å². The summed E-state index contributed by atoms with van der Waals surface area (Å²) >= 11 is 0. The Morgan fingerprint density at radius 3 is 2.40 bits per heavy atom. The van der Waals surface area contributed by atoms with E-state index in [1.165, 1.54) is 0 Å². The first-order valence-electron chi connectivity index (χ1n) is 6.86. The number of aliphatic carboxylic acids is 1. The number of aryl methyl sites for hydroxylation is 1. The Hall–Kier alpha value is -1.88. The molecule has 1 fully saturated rings. The van der Waals surface area contributed by atoms with Gasteiger partial charge in [-0.3, -0.25) is 14.5 Å². The first-order chi connectivity index (χ1) is 9.56. The zero-order chi connectivity index (χ0) is 14.5. The van der Waals surface area contributed by atoms with Crippen molar-refractivity contribution in [3.05, 3.63) is 35.4 Å². The van der Waals surface area contributed by atoms with Gasteiger partial charge in [-0.1, -0.05) is 17.7 Å². The van der Waals surface area contributed by atoms with Crippen LogP contribution in [-0.4, -0.2) is 41.6 Å². The molecule has 0 bridgehead atoms. The molecular formula is C15H20N2O3. The lowest BCUT2D eigenvalue weighted by molar-refractivity contribution is -0.143. The van der Waals surface area contributed by atoms with Gasteiger partial charge in [0.25, 0.3) is 5.91 Å². The summed E-state index contributed by atoms with van der Waals surface area (Å²) in [5, 5.41) is 11.8. The maximum absolute atomic E-state index is 11.9. The van der Waals surface area contributed by atoms with Gasteiger partial charge < -0.3 is 10.4 Å². The predicted octanol–water partition coefficient (Wildman–Crippen LogP) is 1.48. The fourth-order valence-corrected chi connectivity index (χ4v) is 2.33. The molecule has 0 spiro atoms. The van der Waals surface area contributed by atoms with Crippen molar-refractivity contribution in [2.24, 2.45) is 5.92 Å². The van der Waals surface area contributed by atoms with Crippen molar-refractivity contribution in [3.63, 3.8) is 0 Å². The number of rotatable bonds is 4. The van der Waals surface area contributed by atoms with Gasteiger partial charge in [0, 0.05) is 18.7 Å². The average Bonchev–Trinajstić information content (AvgIpc) is 2.46. The van der Waals surface area contributed by atoms with E-state index in [9.17, 15) is 9.59 Å². The van der Waals surface area contributed by atoms with Crippen LogP contribution in [0.25, 0.3) is 0 Å². The molecule has 2 rings (SSSR count). The topological polar surface area (TPSA) is 69.6 Å². The highest BCUT2D eigenvalue weighted by Gasteiger charge is 2.24. The minimum atomic E-state index is -0.714. The molecule has 20 heavy (non-hydrogen) atoms. The van der Waals surface area contributed by atoms with Crippen molar-refractivity contribution in [1.29, 1.82) is 0 Å². The van der Waals surface area contributed by atoms with Gasteiger partial charge in [0.1, 0.15) is 0 Å². The number of likely N-dealkylation sites (tertiary alicyclic amines) is 1. The normalized spacial score (nSPS) is 16.9. The molecule has 1 heterocycles. The predicted molar refractivity (Wildman–Crippen MR) is 75.4 cm³/mol. The second kappa shape index (κ2) is 6.52. The molecule has 1 saturated heterocycles. The van der Waals surface area contributed by atoms with E-state index in [2.05, 4.69) is 10.2 Å². The maximum atomic E-state index is 11.9. The number of hydrogen-bond donors (Lipinski definition) is 2. The summed E-state index contributed by atoms with van der Waals surface area (Å²) in [5.41, 5.74) is 1.77. The van der Waals surface area contributed by atoms with Crippen LogP contribution in [0.4, 0.5) is 0 Å². The van der Waals surface area contributed by atoms with E-state index < -0.39 is 5.97 Å². The monoisotopic (exact) mass is 276 g/mol. The quantitative estimate of drug-likeness (QED) is 0.874. The van der Waals surface area contributed by atoms with E-state index in [4.69, 9.17) is 5.11 Å². The van der Waals surface area contributed by atoms with E-state index in [1.54, 1.807) is 12.1 Å². The van der Waals surface area contributed by atoms with Crippen LogP contribution in [0.5, 0.6) is 0 Å². The molecule has 0 atom stereocenters. The van der Waals surface area contributed by atoms with Crippen LogP contribution in [0, 0.1) is 12.8 Å². The van der Waals surface area contributed by atoms with Crippen molar-refractivity contribution in [1.82, 2.24) is 10.2 Å². The Morgan fingerprint density at radius 1 is 1.25 bits per heavy atom. The average molecular weight is 276 g/mol. The summed E-state index contributed by atoms with van der Waals surface area (Å²) in [4.78, 5) is 24.9. The molecule has 2 N–H and O–H groups in total. The number of amides is 1. The number of carboxylic acids is 1. The summed E-state index contributed by atoms with van der Waals surface area (Å²) in [7, 11) is 0. The molecule has 0 radical (unpaired) electrons. The van der Waals surface area contributed by atoms with Gasteiger partial charge in [-0.2, -0.15) is 0 Å². The first kappa shape index (κ1) is 14.5. The van der Waals surface area contributed by atoms with Crippen molar-refractivity contribution >= 4 is 11.9 Å². The van der Waals surface area contributed by atoms with Gasteiger partial charge in [-0.05, 0) is 31.9 Å². The second-order valence-corrected chi connectivity index (χ2v) is 5.26. The fraction of sp³-hybridized carbons (Fsp3) is 0.467. The number of benzene rings is 1. The van der Waals surface area contributed by atoms with Gasteiger partial charge in [-0.25, -0.2) is 0 Å². The maximum Gasteiger partial charge on any atom is 0.306 e. The van der Waals surface area contributed by atoms with Gasteiger partial charge in [0.05, 0.1) is 12.6 Å². The Labute approximate surface area is 118 Å². The molecule has 1 amide bonds. The van der Waals surface area contributed by atoms with Crippen molar-refractivity contribution in [2.45, 2.75) is 19.8 Å². The third-order valence-corrected chi connectivity index (χ3v) is 3.71. The molecule has 108 valence electrons. The first-order valence-corrected chi connectivity index (χ1v) is 6.86. The van der Waals surface area contributed by atoms with Crippen LogP contribution >= 0.6 is 0 Å². The van der Waals surface area contributed by atoms with E-state index >= 15 is 0 Å². The molecule has 1 aromatic rings. The van der Waals surface area contributed by atoms with Crippen molar-refractivity contribution in [3.8, 4) is 0 Å². The van der Waals surface area contributed by atoms with Crippen LogP contribution < -0.4 is 5.32 Å². The number of nitrogens with one attached hydrogen (secondary N) is 1. The number of piperidine rings is 1. The van der Waals surface area contributed by atoms with Gasteiger partial charge in [0.2, 0.25) is 0 Å². The molecule has 0 aromatic heterocycles. The smallest absolute Gasteiger partial charge is 0.306 e. The Morgan fingerprint density at radius 2 is 1.85 bits per heavy atom. The third kappa shape index (κ3) is 3.81. The van der Waals surface area contributed by atoms with Gasteiger partial charge >= 0.3 is 5.97 Å². The zero-order valence-electron chi connectivity index (χ0n) is 11.6. The van der Waals surface area contributed by atoms with Crippen LogP contribution in [0.15, 0.2) is 24.3 Å². The summed E-state index contributed by atoms with van der Waals surface area (Å²) in [6.45, 7) is 3.88. The lowest BCUT2D eigenvalue weighted by atomic mass is 9.97. The van der Waals surface area contributed by atoms with Crippen LogP contribution in [-0.2, 0) is 4.79 Å². The molecule has 0 saturated carbocycles. The standard InChI is InChI=1S/C15H20N2O3/c1-11-2-4-12(5-3-11)14(18)16-10-17-8-6-13(7-9-17)15(19)20/h2-5,13H,6-10H2,1H3,(H,16,18)(H,19,20). The number of carboxylic acid groups (broad SMARTS) is 1. The van der Waals surface area contributed by atoms with Crippen molar-refractivity contribution in [2.75, 3.05) is 19.8 Å². The molecule has 5 nitrogen and oxygen atoms in total. The van der Waals surface area contributed by atoms with Crippen LogP contribution in [0.2, 0.25) is 0 Å². The van der Waals surface area contributed by atoms with Crippen LogP contribution in [0.1, 0.15) is 28.8 Å². The molecular weight excluding hydrogens is 256 g/mol. The third-order valence-electron chi connectivity index (χ3n) is 3.71. The summed E-state index contributed by atoms with van der Waals surface area (Å²) in [5.74, 6) is -1.04. The molecule has 5 heteroatoms. The minimum Gasteiger partial charge on any atom is -0.481 e. The molecule has 1 aliphatic heterocycles. The highest BCUT2D eigenvalue weighted by atomic mass is 16.4. The Balaban J connectivity index is 1.77. The summed E-state index contributed by atoms with van der Waals surface area (Å²) in [6.07, 6.45) is 1.30. The SMILES string of the molecule is Cc1ccc(C(=O)NCN2CCC(C(=O)O)CC2)cc1. The molecule has 1 aliphatic rings. The minimum absolute atomic E-state index is 0.0923. The molecule has 1 aromatic carbocycles. The van der Waals surface area contributed by atoms with E-state index in [-0.39, 0.29) is 11.8 Å². The summed E-state index contributed by atoms with van der Waals surface area (Å²) in [6, 6.07) is 7.43. The Bertz CT molecular complexity index is 476. The fourth-order valence-electron chi connectivity index (χ4n) is 2.33. The highest BCUT2D eigenvalue weighted by molar-refractivity contribution is 5.94. The highest BCUT2D eigenvalue weighted by Crippen LogP contribution is 2.16. The van der Waals surface area contributed by atoms with Crippen LogP contribution in [0.3, 0.4) is 0 Å². The molecule has 0 aliphatic carbocycles. The summed E-state index contributed by atoms with van der Waals surface area (Å²) < 4.78 is 0. The van der Waals surface area contributed by atoms with E-state index in [0.717, 1.165) is 5.56 Å². The van der Waals surface area contributed by atoms with E-state index in [1.807, 2.05) is 19.1 Å². The second-order valence-electron chi connectivity index (χ2n) is 5.26. The van der Waals surface area contributed by atoms with Gasteiger partial charge in [-0.15, -0.1) is 0 Å². The number of nitrogens with zero attached hydrogens (tertiary/aromatic N) is 1. The number of carbonyl (C=O) groups is 2. The lowest BCUT2D eigenvalue weighted by Gasteiger charge is -2.29. The number of hydrogen-bond acceptors (Lipinski definition) is 3. The molecule has 0 unspecified atom stereocenters. The van der Waals surface area contributed by atoms with E-state index in [0.29, 0.717) is 38.2 Å². The number of carbonyl (C=O) groups excluding carboxylic acids is 1.